The van der Waals surface area contributed by atoms with Gasteiger partial charge in [-0.05, 0) is 37.5 Å². The minimum atomic E-state index is -4.37. The van der Waals surface area contributed by atoms with Gasteiger partial charge in [-0.15, -0.1) is 0 Å². The Kier molecular flexibility index (Phi) is 6.64. The molecule has 0 bridgehead atoms. The van der Waals surface area contributed by atoms with Crippen molar-refractivity contribution in [1.29, 1.82) is 0 Å². The number of hydrogen-bond donors (Lipinski definition) is 2. The molecule has 1 aliphatic heterocycles. The van der Waals surface area contributed by atoms with Gasteiger partial charge < -0.3 is 5.32 Å². The lowest BCUT2D eigenvalue weighted by molar-refractivity contribution is -0.190. The first-order chi connectivity index (χ1) is 14.3. The molecular formula is C19H24F5N3O3S. The number of carbonyl (C=O) groups is 1. The number of nitrogens with one attached hydrogen (secondary N) is 1. The van der Waals surface area contributed by atoms with E-state index in [1.165, 1.54) is 23.1 Å². The lowest BCUT2D eigenvalue weighted by Crippen LogP contribution is -2.57. The predicted molar refractivity (Wildman–Crippen MR) is 103 cm³/mol. The van der Waals surface area contributed by atoms with Gasteiger partial charge in [0, 0.05) is 31.1 Å². The van der Waals surface area contributed by atoms with Gasteiger partial charge in [-0.3, -0.25) is 9.69 Å². The number of primary sulfonamides is 1. The number of hydrogen-bond acceptors (Lipinski definition) is 4. The van der Waals surface area contributed by atoms with Gasteiger partial charge >= 0.3 is 6.18 Å². The van der Waals surface area contributed by atoms with Crippen molar-refractivity contribution in [3.63, 3.8) is 0 Å². The van der Waals surface area contributed by atoms with Crippen LogP contribution >= 0.6 is 0 Å². The summed E-state index contributed by atoms with van der Waals surface area (Å²) in [5, 5.41) is 7.48. The number of nitrogens with two attached hydrogens (primary N) is 1. The summed E-state index contributed by atoms with van der Waals surface area (Å²) in [6.07, 6.45) is -5.29. The number of nitrogens with zero attached hydrogens (tertiary/aromatic N) is 1. The first kappa shape index (κ1) is 23.9. The average Bonchev–Trinajstić information content (AvgIpc) is 2.66. The normalized spacial score (nSPS) is 27.6. The molecule has 1 saturated carbocycles. The van der Waals surface area contributed by atoms with Crippen LogP contribution in [0.15, 0.2) is 29.2 Å². The van der Waals surface area contributed by atoms with Crippen LogP contribution in [0.2, 0.25) is 0 Å². The van der Waals surface area contributed by atoms with Crippen LogP contribution in [-0.4, -0.2) is 50.0 Å². The molecule has 0 aromatic heterocycles. The zero-order chi connectivity index (χ0) is 23.0. The molecule has 174 valence electrons. The number of carbonyl (C=O) groups excluding carboxylic acids is 1. The molecule has 31 heavy (non-hydrogen) atoms. The number of piperidine rings is 1. The van der Waals surface area contributed by atoms with Crippen molar-refractivity contribution in [3.05, 3.63) is 24.3 Å². The zero-order valence-corrected chi connectivity index (χ0v) is 17.4. The fourth-order valence-electron chi connectivity index (χ4n) is 4.37. The van der Waals surface area contributed by atoms with E-state index in [1.807, 2.05) is 0 Å². The molecular weight excluding hydrogens is 445 g/mol. The van der Waals surface area contributed by atoms with Crippen LogP contribution in [0, 0.1) is 5.92 Å². The number of rotatable bonds is 4. The fourth-order valence-corrected chi connectivity index (χ4v) is 4.93. The van der Waals surface area contributed by atoms with Crippen LogP contribution in [0.3, 0.4) is 0 Å². The van der Waals surface area contributed by atoms with Crippen LogP contribution in [0.1, 0.15) is 38.5 Å². The van der Waals surface area contributed by atoms with Crippen molar-refractivity contribution in [3.8, 4) is 0 Å². The number of sulfonamides is 1. The molecule has 1 heterocycles. The smallest absolute Gasteiger partial charge is 0.325 e. The standard InChI is InChI=1S/C19H24F5N3O3S/c20-18(21)7-8-27(14-5-1-3-12(9-14)19(22,23)24)16(11-18)17(28)26-13-4-2-6-15(10-13)31(25,29)30/h2,4,6,10,12,14,16H,1,3,5,7-9,11H2,(H,26,28)(H2,25,29,30)/t12-,14+,16?/m1/s1. The summed E-state index contributed by atoms with van der Waals surface area (Å²) in [6.45, 7) is -0.197. The lowest BCUT2D eigenvalue weighted by atomic mass is 9.82. The molecule has 3 N–H and O–H groups in total. The number of benzene rings is 1. The van der Waals surface area contributed by atoms with Crippen molar-refractivity contribution in [2.24, 2.45) is 11.1 Å². The molecule has 1 aromatic rings. The summed E-state index contributed by atoms with van der Waals surface area (Å²) < 4.78 is 90.8. The quantitative estimate of drug-likeness (QED) is 0.661. The van der Waals surface area contributed by atoms with Crippen molar-refractivity contribution in [2.75, 3.05) is 11.9 Å². The van der Waals surface area contributed by atoms with Crippen molar-refractivity contribution < 1.29 is 35.2 Å². The molecule has 1 saturated heterocycles. The number of alkyl halides is 5. The number of likely N-dealkylation sites (tertiary alicyclic amines) is 1. The summed E-state index contributed by atoms with van der Waals surface area (Å²) in [5.74, 6) is -5.47. The summed E-state index contributed by atoms with van der Waals surface area (Å²) in [5.41, 5.74) is 0.0437. The summed E-state index contributed by atoms with van der Waals surface area (Å²) >= 11 is 0. The Morgan fingerprint density at radius 2 is 1.94 bits per heavy atom. The van der Waals surface area contributed by atoms with E-state index in [0.717, 1.165) is 6.07 Å². The summed E-state index contributed by atoms with van der Waals surface area (Å²) in [7, 11) is -4.04. The van der Waals surface area contributed by atoms with Gasteiger partial charge in [0.25, 0.3) is 5.92 Å². The van der Waals surface area contributed by atoms with Crippen molar-refractivity contribution in [1.82, 2.24) is 4.90 Å². The average molecular weight is 469 g/mol. The number of amides is 1. The maximum atomic E-state index is 14.1. The highest BCUT2D eigenvalue weighted by atomic mass is 32.2. The van der Waals surface area contributed by atoms with E-state index in [9.17, 15) is 35.2 Å². The third kappa shape index (κ3) is 5.92. The highest BCUT2D eigenvalue weighted by Crippen LogP contribution is 2.42. The minimum Gasteiger partial charge on any atom is -0.325 e. The molecule has 1 aliphatic carbocycles. The maximum Gasteiger partial charge on any atom is 0.391 e. The topological polar surface area (TPSA) is 92.5 Å². The molecule has 3 rings (SSSR count). The van der Waals surface area contributed by atoms with Gasteiger partial charge in [-0.1, -0.05) is 12.5 Å². The zero-order valence-electron chi connectivity index (χ0n) is 16.5. The van der Waals surface area contributed by atoms with Crippen LogP contribution in [0.5, 0.6) is 0 Å². The fraction of sp³-hybridized carbons (Fsp3) is 0.632. The Bertz CT molecular complexity index is 923. The second kappa shape index (κ2) is 8.62. The number of halogens is 5. The Balaban J connectivity index is 1.81. The number of anilines is 1. The van der Waals surface area contributed by atoms with E-state index < -0.39 is 58.9 Å². The summed E-state index contributed by atoms with van der Waals surface area (Å²) in [6, 6.07) is 3.04. The molecule has 1 aromatic carbocycles. The van der Waals surface area contributed by atoms with E-state index in [4.69, 9.17) is 5.14 Å². The van der Waals surface area contributed by atoms with E-state index in [1.54, 1.807) is 0 Å². The van der Waals surface area contributed by atoms with Gasteiger partial charge in [-0.2, -0.15) is 13.2 Å². The predicted octanol–water partition coefficient (Wildman–Crippen LogP) is 3.49. The van der Waals surface area contributed by atoms with Crippen LogP contribution in [-0.2, 0) is 14.8 Å². The van der Waals surface area contributed by atoms with Gasteiger partial charge in [0.05, 0.1) is 16.9 Å². The van der Waals surface area contributed by atoms with E-state index >= 15 is 0 Å². The molecule has 1 unspecified atom stereocenters. The second-order valence-electron chi connectivity index (χ2n) is 8.18. The van der Waals surface area contributed by atoms with Crippen LogP contribution in [0.4, 0.5) is 27.6 Å². The van der Waals surface area contributed by atoms with Crippen molar-refractivity contribution in [2.45, 2.75) is 67.6 Å². The largest absolute Gasteiger partial charge is 0.391 e. The second-order valence-corrected chi connectivity index (χ2v) is 9.75. The lowest BCUT2D eigenvalue weighted by Gasteiger charge is -2.45. The third-order valence-corrected chi connectivity index (χ3v) is 6.85. The van der Waals surface area contributed by atoms with Crippen LogP contribution in [0.25, 0.3) is 0 Å². The third-order valence-electron chi connectivity index (χ3n) is 5.94. The van der Waals surface area contributed by atoms with Gasteiger partial charge in [0.2, 0.25) is 15.9 Å². The Labute approximate surface area is 177 Å². The molecule has 6 nitrogen and oxygen atoms in total. The molecule has 3 atom stereocenters. The first-order valence-corrected chi connectivity index (χ1v) is 11.4. The molecule has 0 spiro atoms. The SMILES string of the molecule is NS(=O)(=O)c1cccc(NC(=O)C2CC(F)(F)CCN2[C@H]2CCC[C@@H](C(F)(F)F)C2)c1. The molecule has 12 heteroatoms. The van der Waals surface area contributed by atoms with E-state index in [0.29, 0.717) is 12.8 Å². The van der Waals surface area contributed by atoms with Gasteiger partial charge in [0.1, 0.15) is 0 Å². The molecule has 0 radical (unpaired) electrons. The highest BCUT2D eigenvalue weighted by Gasteiger charge is 2.49. The first-order valence-electron chi connectivity index (χ1n) is 9.90. The highest BCUT2D eigenvalue weighted by molar-refractivity contribution is 7.89. The van der Waals surface area contributed by atoms with Gasteiger partial charge in [-0.25, -0.2) is 22.3 Å². The molecule has 1 amide bonds. The van der Waals surface area contributed by atoms with Gasteiger partial charge in [0.15, 0.2) is 0 Å². The van der Waals surface area contributed by atoms with Crippen LogP contribution < -0.4 is 10.5 Å². The monoisotopic (exact) mass is 469 g/mol. The minimum absolute atomic E-state index is 0.0127. The Hall–Kier alpha value is -1.79. The molecule has 2 aliphatic rings. The maximum absolute atomic E-state index is 14.1. The van der Waals surface area contributed by atoms with Crippen molar-refractivity contribution >= 4 is 21.6 Å². The summed E-state index contributed by atoms with van der Waals surface area (Å²) in [4.78, 5) is 14.0. The van der Waals surface area contributed by atoms with E-state index in [-0.39, 0.29) is 30.0 Å². The Morgan fingerprint density at radius 3 is 2.58 bits per heavy atom. The molecule has 2 fully saturated rings. The Morgan fingerprint density at radius 1 is 1.23 bits per heavy atom. The van der Waals surface area contributed by atoms with E-state index in [2.05, 4.69) is 5.32 Å².